The molecule has 2 aromatic heterocycles. The van der Waals surface area contributed by atoms with Crippen molar-refractivity contribution in [3.8, 4) is 11.3 Å². The summed E-state index contributed by atoms with van der Waals surface area (Å²) in [7, 11) is 3.93. The van der Waals surface area contributed by atoms with Crippen LogP contribution in [-0.2, 0) is 0 Å². The van der Waals surface area contributed by atoms with Crippen LogP contribution in [0.25, 0.3) is 32.4 Å². The number of carbonyl (C=O) groups excluding carboxylic acids is 1. The average Bonchev–Trinajstić information content (AvgIpc) is 3.26. The summed E-state index contributed by atoms with van der Waals surface area (Å²) in [6.07, 6.45) is 0. The van der Waals surface area contributed by atoms with Crippen LogP contribution in [0.3, 0.4) is 0 Å². The molecule has 0 aliphatic rings. The number of para-hydroxylation sites is 1. The maximum atomic E-state index is 14.1. The minimum absolute atomic E-state index is 0.155. The zero-order valence-corrected chi connectivity index (χ0v) is 19.7. The fourth-order valence-corrected chi connectivity index (χ4v) is 4.86. The summed E-state index contributed by atoms with van der Waals surface area (Å²) in [4.78, 5) is 27.3. The second-order valence-electron chi connectivity index (χ2n) is 8.31. The Morgan fingerprint density at radius 3 is 2.44 bits per heavy atom. The number of carbonyl (C=O) groups is 1. The van der Waals surface area contributed by atoms with Crippen molar-refractivity contribution < 1.29 is 9.18 Å². The molecule has 0 saturated heterocycles. The van der Waals surface area contributed by atoms with Crippen LogP contribution in [0.1, 0.15) is 10.4 Å². The largest absolute Gasteiger partial charge is 0.308 e. The molecule has 5 aromatic rings. The van der Waals surface area contributed by atoms with Crippen molar-refractivity contribution in [2.75, 3.05) is 32.1 Å². The van der Waals surface area contributed by atoms with Crippen molar-refractivity contribution in [1.82, 2.24) is 14.9 Å². The van der Waals surface area contributed by atoms with Crippen LogP contribution < -0.4 is 4.90 Å². The number of aromatic nitrogens is 2. The van der Waals surface area contributed by atoms with Gasteiger partial charge in [0.05, 0.1) is 27.0 Å². The van der Waals surface area contributed by atoms with Gasteiger partial charge in [0.15, 0.2) is 5.13 Å². The molecule has 0 saturated carbocycles. The molecule has 7 heteroatoms. The molecule has 0 bridgehead atoms. The SMILES string of the molecule is CN(C)CCN(C(=O)c1cc(-c2ccccc2)nc2ccccc12)c1nc2ccc(F)cc2s1. The normalized spacial score (nSPS) is 11.4. The number of nitrogens with zero attached hydrogens (tertiary/aromatic N) is 4. The number of fused-ring (bicyclic) bond motifs is 2. The third-order valence-corrected chi connectivity index (χ3v) is 6.64. The van der Waals surface area contributed by atoms with Crippen molar-refractivity contribution >= 4 is 43.5 Å². The number of rotatable bonds is 6. The van der Waals surface area contributed by atoms with E-state index in [4.69, 9.17) is 4.98 Å². The Hall–Kier alpha value is -3.68. The fraction of sp³-hybridized carbons (Fsp3) is 0.148. The van der Waals surface area contributed by atoms with E-state index in [1.54, 1.807) is 11.0 Å². The Morgan fingerprint density at radius 2 is 1.65 bits per heavy atom. The highest BCUT2D eigenvalue weighted by molar-refractivity contribution is 7.22. The first kappa shape index (κ1) is 22.1. The van der Waals surface area contributed by atoms with Crippen LogP contribution in [0.4, 0.5) is 9.52 Å². The lowest BCUT2D eigenvalue weighted by Gasteiger charge is -2.23. The number of hydrogen-bond acceptors (Lipinski definition) is 5. The molecule has 1 amide bonds. The summed E-state index contributed by atoms with van der Waals surface area (Å²) in [5, 5.41) is 1.34. The molecule has 5 nitrogen and oxygen atoms in total. The molecule has 0 aliphatic carbocycles. The molecular formula is C27H23FN4OS. The minimum Gasteiger partial charge on any atom is -0.308 e. The number of amides is 1. The summed E-state index contributed by atoms with van der Waals surface area (Å²) in [5.41, 5.74) is 3.67. The summed E-state index contributed by atoms with van der Waals surface area (Å²) < 4.78 is 14.5. The quantitative estimate of drug-likeness (QED) is 0.312. The maximum absolute atomic E-state index is 14.1. The van der Waals surface area contributed by atoms with Gasteiger partial charge in [-0.2, -0.15) is 0 Å². The second kappa shape index (κ2) is 9.29. The lowest BCUT2D eigenvalue weighted by atomic mass is 10.0. The molecule has 34 heavy (non-hydrogen) atoms. The molecule has 0 atom stereocenters. The van der Waals surface area contributed by atoms with Crippen LogP contribution >= 0.6 is 11.3 Å². The smallest absolute Gasteiger partial charge is 0.260 e. The molecule has 5 rings (SSSR count). The monoisotopic (exact) mass is 470 g/mol. The zero-order valence-electron chi connectivity index (χ0n) is 18.9. The fourth-order valence-electron chi connectivity index (χ4n) is 3.84. The first-order valence-corrected chi connectivity index (χ1v) is 11.8. The van der Waals surface area contributed by atoms with Gasteiger partial charge in [-0.1, -0.05) is 59.9 Å². The highest BCUT2D eigenvalue weighted by Gasteiger charge is 2.24. The molecule has 170 valence electrons. The maximum Gasteiger partial charge on any atom is 0.260 e. The number of pyridine rings is 1. The van der Waals surface area contributed by atoms with Gasteiger partial charge >= 0.3 is 0 Å². The number of benzene rings is 3. The Bertz CT molecular complexity index is 1480. The van der Waals surface area contributed by atoms with Crippen molar-refractivity contribution in [3.63, 3.8) is 0 Å². The van der Waals surface area contributed by atoms with Gasteiger partial charge < -0.3 is 4.90 Å². The van der Waals surface area contributed by atoms with E-state index in [-0.39, 0.29) is 11.7 Å². The van der Waals surface area contributed by atoms with E-state index in [9.17, 15) is 9.18 Å². The Labute approximate surface area is 201 Å². The van der Waals surface area contributed by atoms with Crippen molar-refractivity contribution in [1.29, 1.82) is 0 Å². The number of likely N-dealkylation sites (N-methyl/N-ethyl adjacent to an activating group) is 1. The van der Waals surface area contributed by atoms with E-state index in [0.29, 0.717) is 34.0 Å². The lowest BCUT2D eigenvalue weighted by molar-refractivity contribution is 0.0986. The molecule has 0 unspecified atom stereocenters. The number of hydrogen-bond donors (Lipinski definition) is 0. The minimum atomic E-state index is -0.318. The summed E-state index contributed by atoms with van der Waals surface area (Å²) in [5.74, 6) is -0.473. The third kappa shape index (κ3) is 4.40. The summed E-state index contributed by atoms with van der Waals surface area (Å²) in [6.45, 7) is 1.11. The Kier molecular flexibility index (Phi) is 6.04. The van der Waals surface area contributed by atoms with Crippen LogP contribution in [0, 0.1) is 5.82 Å². The molecule has 0 radical (unpaired) electrons. The molecule has 0 fully saturated rings. The van der Waals surface area contributed by atoms with Crippen molar-refractivity contribution in [3.05, 3.63) is 90.2 Å². The van der Waals surface area contributed by atoms with Crippen molar-refractivity contribution in [2.24, 2.45) is 0 Å². The molecule has 0 spiro atoms. The summed E-state index contributed by atoms with van der Waals surface area (Å²) in [6, 6.07) is 23.9. The van der Waals surface area contributed by atoms with Crippen molar-refractivity contribution in [2.45, 2.75) is 0 Å². The lowest BCUT2D eigenvalue weighted by Crippen LogP contribution is -2.37. The highest BCUT2D eigenvalue weighted by atomic mass is 32.1. The van der Waals surface area contributed by atoms with E-state index in [1.807, 2.05) is 79.7 Å². The standard InChI is InChI=1S/C27H23FN4OS/c1-31(2)14-15-32(27-30-23-13-12-19(28)16-25(23)34-27)26(33)21-17-24(18-8-4-3-5-9-18)29-22-11-7-6-10-20(21)22/h3-13,16-17H,14-15H2,1-2H3. The van der Waals surface area contributed by atoms with Gasteiger partial charge in [0.1, 0.15) is 5.82 Å². The van der Waals surface area contributed by atoms with Gasteiger partial charge in [0.2, 0.25) is 0 Å². The van der Waals surface area contributed by atoms with Gasteiger partial charge in [-0.15, -0.1) is 0 Å². The van der Waals surface area contributed by atoms with Gasteiger partial charge in [0, 0.05) is 24.0 Å². The summed E-state index contributed by atoms with van der Waals surface area (Å²) >= 11 is 1.32. The van der Waals surface area contributed by atoms with Gasteiger partial charge in [-0.05, 0) is 44.4 Å². The highest BCUT2D eigenvalue weighted by Crippen LogP contribution is 2.32. The van der Waals surface area contributed by atoms with Crippen LogP contribution in [0.2, 0.25) is 0 Å². The van der Waals surface area contributed by atoms with E-state index in [1.165, 1.54) is 23.5 Å². The van der Waals surface area contributed by atoms with E-state index < -0.39 is 0 Å². The molecule has 0 N–H and O–H groups in total. The third-order valence-electron chi connectivity index (χ3n) is 5.60. The molecule has 0 aliphatic heterocycles. The van der Waals surface area contributed by atoms with Gasteiger partial charge in [0.25, 0.3) is 5.91 Å². The molecule has 3 aromatic carbocycles. The zero-order chi connectivity index (χ0) is 23.7. The Balaban J connectivity index is 1.64. The van der Waals surface area contributed by atoms with E-state index in [0.717, 1.165) is 22.2 Å². The molecule has 2 heterocycles. The van der Waals surface area contributed by atoms with Gasteiger partial charge in [-0.3, -0.25) is 9.69 Å². The predicted molar refractivity (Wildman–Crippen MR) is 137 cm³/mol. The van der Waals surface area contributed by atoms with Crippen LogP contribution in [0.5, 0.6) is 0 Å². The average molecular weight is 471 g/mol. The first-order valence-electron chi connectivity index (χ1n) is 11.0. The second-order valence-corrected chi connectivity index (χ2v) is 9.32. The number of halogens is 1. The Morgan fingerprint density at radius 1 is 0.882 bits per heavy atom. The van der Waals surface area contributed by atoms with E-state index >= 15 is 0 Å². The van der Waals surface area contributed by atoms with Crippen LogP contribution in [0.15, 0.2) is 78.9 Å². The van der Waals surface area contributed by atoms with Crippen LogP contribution in [-0.4, -0.2) is 48.0 Å². The number of anilines is 1. The number of thiazole rings is 1. The van der Waals surface area contributed by atoms with Gasteiger partial charge in [-0.25, -0.2) is 14.4 Å². The topological polar surface area (TPSA) is 49.3 Å². The first-order chi connectivity index (χ1) is 16.5. The molecular weight excluding hydrogens is 447 g/mol. The predicted octanol–water partition coefficient (Wildman–Crippen LogP) is 5.86. The van der Waals surface area contributed by atoms with E-state index in [2.05, 4.69) is 4.98 Å².